The van der Waals surface area contributed by atoms with Crippen molar-refractivity contribution in [3.63, 3.8) is 0 Å². The van der Waals surface area contributed by atoms with Crippen LogP contribution in [0.25, 0.3) is 0 Å². The minimum atomic E-state index is -0.144. The molecule has 2 nitrogen and oxygen atoms in total. The second-order valence-corrected chi connectivity index (χ2v) is 15.4. The van der Waals surface area contributed by atoms with Gasteiger partial charge in [0.2, 0.25) is 0 Å². The molecule has 0 bridgehead atoms. The minimum Gasteiger partial charge on any atom is -0.306 e. The Morgan fingerprint density at radius 2 is 1.00 bits per heavy atom. The Balaban J connectivity index is 1.67. The summed E-state index contributed by atoms with van der Waals surface area (Å²) in [5.74, 6) is 0. The molecule has 210 valence electrons. The topological polar surface area (TPSA) is 6.48 Å². The SMILES string of the molecule is Cc1c(C)c(N2c3cccc4c3N3c5c2cccc5C(C)(C)c2cc(C(C)(C)C)cc(c23)C4(C)C)c(C)c(C)c1Br. The summed E-state index contributed by atoms with van der Waals surface area (Å²) in [6, 6.07) is 19.0. The first-order valence-corrected chi connectivity index (χ1v) is 15.7. The Kier molecular flexibility index (Phi) is 5.28. The van der Waals surface area contributed by atoms with E-state index in [-0.39, 0.29) is 16.2 Å². The first kappa shape index (κ1) is 26.8. The molecule has 0 radical (unpaired) electrons. The van der Waals surface area contributed by atoms with E-state index in [0.29, 0.717) is 0 Å². The molecule has 3 aliphatic rings. The van der Waals surface area contributed by atoms with Gasteiger partial charge in [-0.2, -0.15) is 0 Å². The molecule has 0 atom stereocenters. The van der Waals surface area contributed by atoms with Crippen LogP contribution in [0.15, 0.2) is 53.0 Å². The predicted molar refractivity (Wildman–Crippen MR) is 179 cm³/mol. The third-order valence-electron chi connectivity index (χ3n) is 10.6. The Morgan fingerprint density at radius 1 is 0.561 bits per heavy atom. The highest BCUT2D eigenvalue weighted by Gasteiger charge is 2.50. The zero-order valence-corrected chi connectivity index (χ0v) is 28.0. The number of hydrogen-bond acceptors (Lipinski definition) is 2. The average molecular weight is 606 g/mol. The van der Waals surface area contributed by atoms with Gasteiger partial charge >= 0.3 is 0 Å². The van der Waals surface area contributed by atoms with Gasteiger partial charge in [-0.25, -0.2) is 0 Å². The summed E-state index contributed by atoms with van der Waals surface area (Å²) in [6.07, 6.45) is 0. The van der Waals surface area contributed by atoms with E-state index in [1.165, 1.54) is 88.7 Å². The van der Waals surface area contributed by atoms with Crippen LogP contribution in [0.5, 0.6) is 0 Å². The number of hydrogen-bond donors (Lipinski definition) is 0. The molecule has 0 saturated heterocycles. The molecule has 3 heteroatoms. The fourth-order valence-corrected chi connectivity index (χ4v) is 8.34. The first-order chi connectivity index (χ1) is 19.1. The molecule has 0 saturated carbocycles. The van der Waals surface area contributed by atoms with Crippen molar-refractivity contribution in [2.24, 2.45) is 0 Å². The van der Waals surface area contributed by atoms with Gasteiger partial charge in [-0.05, 0) is 95.3 Å². The van der Waals surface area contributed by atoms with Crippen molar-refractivity contribution in [2.75, 3.05) is 9.80 Å². The van der Waals surface area contributed by atoms with Gasteiger partial charge in [0.1, 0.15) is 0 Å². The minimum absolute atomic E-state index is 0.0625. The third kappa shape index (κ3) is 3.19. The lowest BCUT2D eigenvalue weighted by Crippen LogP contribution is -2.41. The van der Waals surface area contributed by atoms with E-state index >= 15 is 0 Å². The van der Waals surface area contributed by atoms with E-state index in [1.54, 1.807) is 0 Å². The Labute approximate surface area is 254 Å². The maximum Gasteiger partial charge on any atom is 0.0744 e. The van der Waals surface area contributed by atoms with Crippen LogP contribution in [-0.2, 0) is 16.2 Å². The van der Waals surface area contributed by atoms with Crippen LogP contribution < -0.4 is 9.80 Å². The fourth-order valence-electron chi connectivity index (χ4n) is 7.74. The van der Waals surface area contributed by atoms with Crippen molar-refractivity contribution in [2.45, 2.75) is 92.4 Å². The van der Waals surface area contributed by atoms with Gasteiger partial charge < -0.3 is 9.80 Å². The summed E-state index contributed by atoms with van der Waals surface area (Å²) in [5.41, 5.74) is 20.0. The van der Waals surface area contributed by atoms with E-state index in [2.05, 4.69) is 150 Å². The zero-order valence-electron chi connectivity index (χ0n) is 26.4. The molecular weight excluding hydrogens is 564 g/mol. The number of benzene rings is 4. The predicted octanol–water partition coefficient (Wildman–Crippen LogP) is 11.5. The van der Waals surface area contributed by atoms with Crippen molar-refractivity contribution in [3.8, 4) is 0 Å². The maximum absolute atomic E-state index is 3.90. The molecule has 0 aliphatic carbocycles. The third-order valence-corrected chi connectivity index (χ3v) is 11.8. The second-order valence-electron chi connectivity index (χ2n) is 14.6. The van der Waals surface area contributed by atoms with E-state index in [4.69, 9.17) is 0 Å². The monoisotopic (exact) mass is 604 g/mol. The molecule has 4 aromatic carbocycles. The average Bonchev–Trinajstić information content (AvgIpc) is 2.92. The van der Waals surface area contributed by atoms with Crippen LogP contribution in [0.2, 0.25) is 0 Å². The van der Waals surface area contributed by atoms with Gasteiger partial charge in [-0.15, -0.1) is 0 Å². The summed E-state index contributed by atoms with van der Waals surface area (Å²) in [6.45, 7) is 25.8. The van der Waals surface area contributed by atoms with Crippen LogP contribution in [0.3, 0.4) is 0 Å². The van der Waals surface area contributed by atoms with Crippen molar-refractivity contribution in [1.29, 1.82) is 0 Å². The van der Waals surface area contributed by atoms with Gasteiger partial charge in [-0.3, -0.25) is 0 Å². The van der Waals surface area contributed by atoms with Gasteiger partial charge in [0.15, 0.2) is 0 Å². The van der Waals surface area contributed by atoms with Crippen molar-refractivity contribution < 1.29 is 0 Å². The Bertz CT molecular complexity index is 1710. The van der Waals surface area contributed by atoms with Crippen LogP contribution >= 0.6 is 15.9 Å². The van der Waals surface area contributed by atoms with Crippen LogP contribution in [0.1, 0.15) is 98.5 Å². The van der Waals surface area contributed by atoms with Crippen LogP contribution in [0, 0.1) is 27.7 Å². The van der Waals surface area contributed by atoms with Crippen LogP contribution in [-0.4, -0.2) is 0 Å². The highest BCUT2D eigenvalue weighted by molar-refractivity contribution is 9.10. The number of nitrogens with zero attached hydrogens (tertiary/aromatic N) is 2. The normalized spacial score (nSPS) is 17.1. The number of rotatable bonds is 1. The summed E-state index contributed by atoms with van der Waals surface area (Å²) in [7, 11) is 0. The maximum atomic E-state index is 3.90. The van der Waals surface area contributed by atoms with Gasteiger partial charge in [0.25, 0.3) is 0 Å². The summed E-state index contributed by atoms with van der Waals surface area (Å²) >= 11 is 3.90. The molecule has 41 heavy (non-hydrogen) atoms. The van der Waals surface area contributed by atoms with E-state index < -0.39 is 0 Å². The summed E-state index contributed by atoms with van der Waals surface area (Å²) < 4.78 is 1.22. The molecule has 0 fully saturated rings. The number of anilines is 6. The molecule has 0 spiro atoms. The van der Waals surface area contributed by atoms with E-state index in [0.717, 1.165) is 0 Å². The zero-order chi connectivity index (χ0) is 29.5. The quantitative estimate of drug-likeness (QED) is 0.188. The Hall–Kier alpha value is -3.04. The van der Waals surface area contributed by atoms with Crippen LogP contribution in [0.4, 0.5) is 34.1 Å². The van der Waals surface area contributed by atoms with Gasteiger partial charge in [0, 0.05) is 15.3 Å². The Morgan fingerprint density at radius 3 is 1.41 bits per heavy atom. The molecule has 3 aliphatic heterocycles. The van der Waals surface area contributed by atoms with E-state index in [9.17, 15) is 0 Å². The van der Waals surface area contributed by atoms with E-state index in [1.807, 2.05) is 0 Å². The van der Waals surface area contributed by atoms with Crippen molar-refractivity contribution >= 4 is 50.1 Å². The number of halogens is 1. The molecule has 3 heterocycles. The van der Waals surface area contributed by atoms with Crippen molar-refractivity contribution in [3.05, 3.63) is 103 Å². The van der Waals surface area contributed by atoms with Crippen molar-refractivity contribution in [1.82, 2.24) is 0 Å². The number of para-hydroxylation sites is 2. The molecule has 4 aromatic rings. The van der Waals surface area contributed by atoms with Gasteiger partial charge in [-0.1, -0.05) is 101 Å². The van der Waals surface area contributed by atoms with Gasteiger partial charge in [0.05, 0.1) is 34.1 Å². The largest absolute Gasteiger partial charge is 0.306 e. The molecule has 0 unspecified atom stereocenters. The summed E-state index contributed by atoms with van der Waals surface area (Å²) in [5, 5.41) is 0. The lowest BCUT2D eigenvalue weighted by Gasteiger charge is -2.54. The fraction of sp³-hybridized carbons (Fsp3) is 0.368. The second kappa shape index (κ2) is 8.07. The lowest BCUT2D eigenvalue weighted by molar-refractivity contribution is 0.563. The molecule has 0 N–H and O–H groups in total. The molecule has 0 amide bonds. The smallest absolute Gasteiger partial charge is 0.0744 e. The molecular formula is C38H41BrN2. The first-order valence-electron chi connectivity index (χ1n) is 14.9. The molecule has 7 rings (SSSR count). The highest BCUT2D eigenvalue weighted by Crippen LogP contribution is 2.68. The summed E-state index contributed by atoms with van der Waals surface area (Å²) in [4.78, 5) is 5.22. The lowest BCUT2D eigenvalue weighted by atomic mass is 9.64. The molecule has 0 aromatic heterocycles. The standard InChI is InChI=1S/C38H41BrN2/c1-20-22(3)32(23(4)21(2)31(20)39)40-29-16-12-14-25-34(29)41-33-27(37(25,8)9)18-24(36(5,6)7)19-28(33)38(10,11)26-15-13-17-30(40)35(26)41/h12-19H,1-11H3. The highest BCUT2D eigenvalue weighted by atomic mass is 79.9.